The fraction of sp³-hybridized carbons (Fsp3) is 0.389. The fourth-order valence-electron chi connectivity index (χ4n) is 2.89. The predicted molar refractivity (Wildman–Crippen MR) is 103 cm³/mol. The van der Waals surface area contributed by atoms with Crippen molar-refractivity contribution in [2.24, 2.45) is 7.05 Å². The number of fused-ring (bicyclic) bond motifs is 1. The lowest BCUT2D eigenvalue weighted by Gasteiger charge is -2.20. The van der Waals surface area contributed by atoms with Gasteiger partial charge in [-0.1, -0.05) is 12.1 Å². The van der Waals surface area contributed by atoms with Gasteiger partial charge in [-0.25, -0.2) is 9.78 Å². The molecule has 3 aromatic rings. The van der Waals surface area contributed by atoms with E-state index in [-0.39, 0.29) is 17.8 Å². The lowest BCUT2D eigenvalue weighted by molar-refractivity contribution is 0.415. The Bertz CT molecular complexity index is 1030. The molecule has 0 aliphatic heterocycles. The summed E-state index contributed by atoms with van der Waals surface area (Å²) in [5.74, 6) is 0.502. The highest BCUT2D eigenvalue weighted by Gasteiger charge is 2.13. The summed E-state index contributed by atoms with van der Waals surface area (Å²) in [7, 11) is 7.61. The van der Waals surface area contributed by atoms with Crippen molar-refractivity contribution in [1.29, 1.82) is 0 Å². The molecule has 3 rings (SSSR count). The molecule has 0 saturated heterocycles. The first-order valence-corrected chi connectivity index (χ1v) is 8.47. The van der Waals surface area contributed by atoms with E-state index in [1.807, 2.05) is 50.3 Å². The molecule has 0 spiro atoms. The molecule has 2 aromatic heterocycles. The first-order valence-electron chi connectivity index (χ1n) is 8.47. The van der Waals surface area contributed by atoms with Crippen molar-refractivity contribution in [2.45, 2.75) is 6.54 Å². The minimum absolute atomic E-state index is 0.129. The van der Waals surface area contributed by atoms with E-state index >= 15 is 0 Å². The molecule has 0 bridgehead atoms. The fourth-order valence-corrected chi connectivity index (χ4v) is 2.89. The Hall–Kier alpha value is -2.87. The Balaban J connectivity index is 1.95. The molecule has 1 aromatic carbocycles. The van der Waals surface area contributed by atoms with Gasteiger partial charge in [0.05, 0.1) is 23.3 Å². The van der Waals surface area contributed by atoms with Gasteiger partial charge < -0.3 is 9.80 Å². The van der Waals surface area contributed by atoms with Crippen LogP contribution in [-0.4, -0.2) is 58.2 Å². The van der Waals surface area contributed by atoms with Crippen molar-refractivity contribution in [2.75, 3.05) is 39.1 Å². The predicted octanol–water partition coefficient (Wildman–Crippen LogP) is 0.469. The summed E-state index contributed by atoms with van der Waals surface area (Å²) < 4.78 is 3.24. The SMILES string of the molecule is CN(C)CCN(C)c1nc(Cn2c(=O)n(C)c3ccccc32)cc(=O)[nH]1. The summed E-state index contributed by atoms with van der Waals surface area (Å²) in [5.41, 5.74) is 1.87. The Labute approximate surface area is 151 Å². The molecule has 0 unspecified atom stereocenters. The van der Waals surface area contributed by atoms with Crippen LogP contribution in [0.5, 0.6) is 0 Å². The summed E-state index contributed by atoms with van der Waals surface area (Å²) in [6.07, 6.45) is 0. The number of rotatable bonds is 6. The molecule has 2 heterocycles. The number of hydrogen-bond donors (Lipinski definition) is 1. The van der Waals surface area contributed by atoms with Crippen LogP contribution in [0, 0.1) is 0 Å². The molecule has 138 valence electrons. The molecule has 8 nitrogen and oxygen atoms in total. The van der Waals surface area contributed by atoms with Crippen molar-refractivity contribution < 1.29 is 0 Å². The highest BCUT2D eigenvalue weighted by Crippen LogP contribution is 2.13. The van der Waals surface area contributed by atoms with Gasteiger partial charge in [-0.05, 0) is 26.2 Å². The number of para-hydroxylation sites is 2. The number of aromatic amines is 1. The molecule has 0 fully saturated rings. The number of nitrogens with zero attached hydrogens (tertiary/aromatic N) is 5. The summed E-state index contributed by atoms with van der Waals surface area (Å²) in [5, 5.41) is 0. The van der Waals surface area contributed by atoms with Crippen LogP contribution in [0.4, 0.5) is 5.95 Å². The number of benzene rings is 1. The van der Waals surface area contributed by atoms with E-state index in [4.69, 9.17) is 0 Å². The van der Waals surface area contributed by atoms with Gasteiger partial charge in [0, 0.05) is 33.3 Å². The second-order valence-corrected chi connectivity index (χ2v) is 6.70. The van der Waals surface area contributed by atoms with E-state index in [2.05, 4.69) is 14.9 Å². The van der Waals surface area contributed by atoms with Crippen LogP contribution in [0.15, 0.2) is 39.9 Å². The molecular weight excluding hydrogens is 332 g/mol. The topological polar surface area (TPSA) is 79.2 Å². The van der Waals surface area contributed by atoms with Gasteiger partial charge in [-0.2, -0.15) is 0 Å². The van der Waals surface area contributed by atoms with E-state index in [1.54, 1.807) is 16.2 Å². The van der Waals surface area contributed by atoms with Gasteiger partial charge >= 0.3 is 5.69 Å². The number of nitrogens with one attached hydrogen (secondary N) is 1. The van der Waals surface area contributed by atoms with Gasteiger partial charge in [0.15, 0.2) is 0 Å². The summed E-state index contributed by atoms with van der Waals surface area (Å²) in [6, 6.07) is 9.03. The number of imidazole rings is 1. The third-order valence-electron chi connectivity index (χ3n) is 4.40. The molecule has 0 aliphatic carbocycles. The number of aryl methyl sites for hydroxylation is 1. The third-order valence-corrected chi connectivity index (χ3v) is 4.40. The Morgan fingerprint density at radius 3 is 2.46 bits per heavy atom. The highest BCUT2D eigenvalue weighted by molar-refractivity contribution is 5.75. The Kier molecular flexibility index (Phi) is 4.94. The zero-order valence-electron chi connectivity index (χ0n) is 15.6. The molecule has 0 amide bonds. The van der Waals surface area contributed by atoms with Crippen LogP contribution in [0.2, 0.25) is 0 Å². The van der Waals surface area contributed by atoms with Crippen molar-refractivity contribution in [3.63, 3.8) is 0 Å². The van der Waals surface area contributed by atoms with E-state index in [0.29, 0.717) is 11.6 Å². The quantitative estimate of drug-likeness (QED) is 0.695. The molecule has 0 saturated carbocycles. The van der Waals surface area contributed by atoms with Crippen molar-refractivity contribution >= 4 is 17.0 Å². The molecule has 1 N–H and O–H groups in total. The first-order chi connectivity index (χ1) is 12.4. The lowest BCUT2D eigenvalue weighted by Crippen LogP contribution is -2.31. The van der Waals surface area contributed by atoms with Crippen LogP contribution in [-0.2, 0) is 13.6 Å². The lowest BCUT2D eigenvalue weighted by atomic mass is 10.3. The molecule has 0 atom stereocenters. The average Bonchev–Trinajstić information content (AvgIpc) is 2.84. The van der Waals surface area contributed by atoms with Gasteiger partial charge in [0.2, 0.25) is 5.95 Å². The summed E-state index contributed by atoms with van der Waals surface area (Å²) in [6.45, 7) is 1.82. The third kappa shape index (κ3) is 3.55. The van der Waals surface area contributed by atoms with Crippen LogP contribution >= 0.6 is 0 Å². The average molecular weight is 356 g/mol. The monoisotopic (exact) mass is 356 g/mol. The standard InChI is InChI=1S/C18H24N6O2/c1-21(2)9-10-22(3)17-19-13(11-16(25)20-17)12-24-15-8-6-5-7-14(15)23(4)18(24)26/h5-8,11H,9-10,12H2,1-4H3,(H,19,20,25). The van der Waals surface area contributed by atoms with Gasteiger partial charge in [0.25, 0.3) is 5.56 Å². The Morgan fingerprint density at radius 1 is 1.08 bits per heavy atom. The van der Waals surface area contributed by atoms with Crippen molar-refractivity contribution in [3.8, 4) is 0 Å². The second kappa shape index (κ2) is 7.17. The maximum absolute atomic E-state index is 12.6. The zero-order valence-corrected chi connectivity index (χ0v) is 15.6. The minimum atomic E-state index is -0.227. The number of anilines is 1. The van der Waals surface area contributed by atoms with Gasteiger partial charge in [-0.3, -0.25) is 18.9 Å². The normalized spacial score (nSPS) is 11.4. The first kappa shape index (κ1) is 17.9. The Morgan fingerprint density at radius 2 is 1.77 bits per heavy atom. The van der Waals surface area contributed by atoms with Crippen LogP contribution < -0.4 is 16.1 Å². The largest absolute Gasteiger partial charge is 0.344 e. The summed E-state index contributed by atoms with van der Waals surface area (Å²) in [4.78, 5) is 35.9. The molecule has 0 radical (unpaired) electrons. The number of likely N-dealkylation sites (N-methyl/N-ethyl adjacent to an activating group) is 2. The minimum Gasteiger partial charge on any atom is -0.344 e. The van der Waals surface area contributed by atoms with E-state index in [1.165, 1.54) is 6.07 Å². The maximum atomic E-state index is 12.6. The number of hydrogen-bond acceptors (Lipinski definition) is 5. The highest BCUT2D eigenvalue weighted by atomic mass is 16.1. The number of H-pyrrole nitrogens is 1. The second-order valence-electron chi connectivity index (χ2n) is 6.70. The molecule has 8 heteroatoms. The van der Waals surface area contributed by atoms with Crippen molar-refractivity contribution in [1.82, 2.24) is 24.0 Å². The van der Waals surface area contributed by atoms with E-state index in [0.717, 1.165) is 24.1 Å². The zero-order chi connectivity index (χ0) is 18.8. The maximum Gasteiger partial charge on any atom is 0.329 e. The van der Waals surface area contributed by atoms with Gasteiger partial charge in [-0.15, -0.1) is 0 Å². The summed E-state index contributed by atoms with van der Waals surface area (Å²) >= 11 is 0. The smallest absolute Gasteiger partial charge is 0.329 e. The van der Waals surface area contributed by atoms with E-state index < -0.39 is 0 Å². The van der Waals surface area contributed by atoms with E-state index in [9.17, 15) is 9.59 Å². The molecule has 0 aliphatic rings. The van der Waals surface area contributed by atoms with Crippen molar-refractivity contribution in [3.05, 3.63) is 56.9 Å². The van der Waals surface area contributed by atoms with Crippen LogP contribution in [0.1, 0.15) is 5.69 Å². The van der Waals surface area contributed by atoms with Crippen LogP contribution in [0.3, 0.4) is 0 Å². The number of aromatic nitrogens is 4. The van der Waals surface area contributed by atoms with Gasteiger partial charge in [0.1, 0.15) is 0 Å². The molecule has 26 heavy (non-hydrogen) atoms. The molecular formula is C18H24N6O2. The van der Waals surface area contributed by atoms with Crippen LogP contribution in [0.25, 0.3) is 11.0 Å².